The monoisotopic (exact) mass is 296 g/mol. The number of rotatable bonds is 4. The maximum absolute atomic E-state index is 6.05. The van der Waals surface area contributed by atoms with Gasteiger partial charge in [0.15, 0.2) is 0 Å². The second kappa shape index (κ2) is 6.09. The van der Waals surface area contributed by atoms with E-state index in [1.54, 1.807) is 0 Å². The number of benzene rings is 2. The van der Waals surface area contributed by atoms with Crippen molar-refractivity contribution >= 4 is 16.6 Å². The zero-order chi connectivity index (χ0) is 15.6. The minimum Gasteiger partial charge on any atom is -0.371 e. The molecule has 1 atom stereocenters. The minimum absolute atomic E-state index is 0.118. The van der Waals surface area contributed by atoms with Crippen LogP contribution < -0.4 is 5.32 Å². The molecule has 0 saturated carbocycles. The zero-order valence-electron chi connectivity index (χ0n) is 13.6. The summed E-state index contributed by atoms with van der Waals surface area (Å²) in [5.41, 5.74) is 1.39. The molecular formula is C19H24N2O. The van der Waals surface area contributed by atoms with Crippen LogP contribution in [-0.4, -0.2) is 25.5 Å². The molecule has 0 bridgehead atoms. The fraction of sp³-hybridized carbons (Fsp3) is 0.421. The summed E-state index contributed by atoms with van der Waals surface area (Å²) in [7, 11) is 0. The third-order valence-corrected chi connectivity index (χ3v) is 4.11. The van der Waals surface area contributed by atoms with Gasteiger partial charge in [-0.05, 0) is 23.3 Å². The van der Waals surface area contributed by atoms with Gasteiger partial charge in [0.05, 0.1) is 0 Å². The Bertz CT molecular complexity index is 685. The molecule has 1 aliphatic rings. The van der Waals surface area contributed by atoms with Crippen LogP contribution in [0.5, 0.6) is 0 Å². The van der Waals surface area contributed by atoms with Gasteiger partial charge in [-0.1, -0.05) is 56.3 Å². The first kappa shape index (κ1) is 15.0. The van der Waals surface area contributed by atoms with Crippen molar-refractivity contribution in [3.8, 4) is 0 Å². The van der Waals surface area contributed by atoms with Crippen LogP contribution in [0.25, 0.3) is 10.8 Å². The summed E-state index contributed by atoms with van der Waals surface area (Å²) in [6.07, 6.45) is -0.118. The molecule has 3 heteroatoms. The van der Waals surface area contributed by atoms with Crippen molar-refractivity contribution < 1.29 is 4.74 Å². The number of hydrogen-bond donors (Lipinski definition) is 1. The second-order valence-electron chi connectivity index (χ2n) is 6.62. The van der Waals surface area contributed by atoms with Crippen LogP contribution in [-0.2, 0) is 4.74 Å². The molecule has 1 heterocycles. The van der Waals surface area contributed by atoms with Gasteiger partial charge < -0.3 is 10.1 Å². The molecule has 0 fully saturated rings. The SMILES string of the molecule is CCOC(C1=NCC(C)(C)CN1)c1cccc2ccccc12. The Morgan fingerprint density at radius 2 is 1.95 bits per heavy atom. The number of fused-ring (bicyclic) bond motifs is 1. The summed E-state index contributed by atoms with van der Waals surface area (Å²) >= 11 is 0. The Kier molecular flexibility index (Phi) is 4.16. The van der Waals surface area contributed by atoms with Crippen molar-refractivity contribution in [1.29, 1.82) is 0 Å². The Morgan fingerprint density at radius 3 is 2.68 bits per heavy atom. The Balaban J connectivity index is 2.02. The highest BCUT2D eigenvalue weighted by atomic mass is 16.5. The number of aliphatic imine (C=N–C) groups is 1. The molecule has 0 saturated heterocycles. The normalized spacial score (nSPS) is 18.6. The number of nitrogens with zero attached hydrogens (tertiary/aromatic N) is 1. The molecule has 2 aromatic rings. The van der Waals surface area contributed by atoms with E-state index in [4.69, 9.17) is 9.73 Å². The summed E-state index contributed by atoms with van der Waals surface area (Å²) in [6, 6.07) is 14.8. The molecule has 1 unspecified atom stereocenters. The fourth-order valence-electron chi connectivity index (χ4n) is 2.88. The number of hydrogen-bond acceptors (Lipinski definition) is 3. The first-order valence-electron chi connectivity index (χ1n) is 7.98. The fourth-order valence-corrected chi connectivity index (χ4v) is 2.88. The Labute approximate surface area is 132 Å². The minimum atomic E-state index is -0.118. The molecule has 0 spiro atoms. The molecule has 0 aliphatic carbocycles. The van der Waals surface area contributed by atoms with Gasteiger partial charge in [-0.3, -0.25) is 4.99 Å². The van der Waals surface area contributed by atoms with E-state index in [1.807, 2.05) is 6.92 Å². The lowest BCUT2D eigenvalue weighted by Crippen LogP contribution is -2.43. The Morgan fingerprint density at radius 1 is 1.18 bits per heavy atom. The lowest BCUT2D eigenvalue weighted by molar-refractivity contribution is 0.106. The predicted molar refractivity (Wildman–Crippen MR) is 92.4 cm³/mol. The first-order chi connectivity index (χ1) is 10.6. The lowest BCUT2D eigenvalue weighted by atomic mass is 9.91. The average Bonchev–Trinajstić information content (AvgIpc) is 2.53. The highest BCUT2D eigenvalue weighted by Gasteiger charge is 2.28. The van der Waals surface area contributed by atoms with E-state index >= 15 is 0 Å². The van der Waals surface area contributed by atoms with Crippen molar-refractivity contribution in [1.82, 2.24) is 5.32 Å². The Hall–Kier alpha value is -1.87. The smallest absolute Gasteiger partial charge is 0.140 e. The van der Waals surface area contributed by atoms with Crippen LogP contribution in [0.3, 0.4) is 0 Å². The van der Waals surface area contributed by atoms with Crippen molar-refractivity contribution in [2.45, 2.75) is 26.9 Å². The van der Waals surface area contributed by atoms with Crippen LogP contribution in [0.4, 0.5) is 0 Å². The van der Waals surface area contributed by atoms with Crippen LogP contribution in [0, 0.1) is 5.41 Å². The third-order valence-electron chi connectivity index (χ3n) is 4.11. The van der Waals surface area contributed by atoms with E-state index in [0.29, 0.717) is 6.61 Å². The van der Waals surface area contributed by atoms with Gasteiger partial charge in [0.1, 0.15) is 11.9 Å². The summed E-state index contributed by atoms with van der Waals surface area (Å²) in [5, 5.41) is 5.95. The molecule has 0 amide bonds. The standard InChI is InChI=1S/C19H24N2O/c1-4-22-17(18-20-12-19(2,3)13-21-18)16-11-7-9-14-8-5-6-10-15(14)16/h5-11,17H,4,12-13H2,1-3H3,(H,20,21). The van der Waals surface area contributed by atoms with Gasteiger partial charge in [0.25, 0.3) is 0 Å². The second-order valence-corrected chi connectivity index (χ2v) is 6.62. The lowest BCUT2D eigenvalue weighted by Gasteiger charge is -2.32. The molecule has 22 heavy (non-hydrogen) atoms. The maximum Gasteiger partial charge on any atom is 0.140 e. The van der Waals surface area contributed by atoms with Crippen LogP contribution in [0.1, 0.15) is 32.4 Å². The molecule has 3 rings (SSSR count). The van der Waals surface area contributed by atoms with Crippen molar-refractivity contribution in [2.75, 3.05) is 19.7 Å². The van der Waals surface area contributed by atoms with Gasteiger partial charge in [0.2, 0.25) is 0 Å². The van der Waals surface area contributed by atoms with Gasteiger partial charge in [-0.25, -0.2) is 0 Å². The topological polar surface area (TPSA) is 33.6 Å². The molecular weight excluding hydrogens is 272 g/mol. The summed E-state index contributed by atoms with van der Waals surface area (Å²) in [4.78, 5) is 4.76. The molecule has 0 aromatic heterocycles. The average molecular weight is 296 g/mol. The highest BCUT2D eigenvalue weighted by Crippen LogP contribution is 2.29. The van der Waals surface area contributed by atoms with E-state index in [1.165, 1.54) is 16.3 Å². The van der Waals surface area contributed by atoms with Gasteiger partial charge in [-0.15, -0.1) is 0 Å². The van der Waals surface area contributed by atoms with E-state index in [-0.39, 0.29) is 11.5 Å². The number of ether oxygens (including phenoxy) is 1. The summed E-state index contributed by atoms with van der Waals surface area (Å²) in [6.45, 7) is 8.93. The summed E-state index contributed by atoms with van der Waals surface area (Å²) < 4.78 is 6.05. The molecule has 3 nitrogen and oxygen atoms in total. The highest BCUT2D eigenvalue weighted by molar-refractivity contribution is 5.94. The number of nitrogens with one attached hydrogen (secondary N) is 1. The first-order valence-corrected chi connectivity index (χ1v) is 7.98. The zero-order valence-corrected chi connectivity index (χ0v) is 13.6. The maximum atomic E-state index is 6.05. The quantitative estimate of drug-likeness (QED) is 0.927. The van der Waals surface area contributed by atoms with Gasteiger partial charge >= 0.3 is 0 Å². The molecule has 0 radical (unpaired) electrons. The van der Waals surface area contributed by atoms with Crippen LogP contribution in [0.15, 0.2) is 47.5 Å². The predicted octanol–water partition coefficient (Wildman–Crippen LogP) is 3.95. The van der Waals surface area contributed by atoms with E-state index in [2.05, 4.69) is 61.6 Å². The molecule has 116 valence electrons. The van der Waals surface area contributed by atoms with Gasteiger partial charge in [0, 0.05) is 25.1 Å². The molecule has 1 aliphatic heterocycles. The van der Waals surface area contributed by atoms with E-state index < -0.39 is 0 Å². The molecule has 1 N–H and O–H groups in total. The third kappa shape index (κ3) is 3.00. The summed E-state index contributed by atoms with van der Waals surface area (Å²) in [5.74, 6) is 0.956. The van der Waals surface area contributed by atoms with Crippen LogP contribution >= 0.6 is 0 Å². The van der Waals surface area contributed by atoms with Crippen LogP contribution in [0.2, 0.25) is 0 Å². The van der Waals surface area contributed by atoms with Crippen molar-refractivity contribution in [3.05, 3.63) is 48.0 Å². The van der Waals surface area contributed by atoms with Gasteiger partial charge in [-0.2, -0.15) is 0 Å². The number of amidine groups is 1. The van der Waals surface area contributed by atoms with E-state index in [0.717, 1.165) is 18.9 Å². The van der Waals surface area contributed by atoms with E-state index in [9.17, 15) is 0 Å². The largest absolute Gasteiger partial charge is 0.371 e. The molecule has 2 aromatic carbocycles. The van der Waals surface area contributed by atoms with Crippen molar-refractivity contribution in [2.24, 2.45) is 10.4 Å². The van der Waals surface area contributed by atoms with Crippen molar-refractivity contribution in [3.63, 3.8) is 0 Å².